The van der Waals surface area contributed by atoms with Gasteiger partial charge in [0.1, 0.15) is 17.4 Å². The van der Waals surface area contributed by atoms with Gasteiger partial charge in [0.25, 0.3) is 5.91 Å². The molecule has 2 aliphatic rings. The molecule has 1 aliphatic carbocycles. The molecule has 2 N–H and O–H groups in total. The van der Waals surface area contributed by atoms with Crippen LogP contribution in [0.25, 0.3) is 22.2 Å². The molecule has 8 heteroatoms. The predicted octanol–water partition coefficient (Wildman–Crippen LogP) is 6.57. The van der Waals surface area contributed by atoms with Gasteiger partial charge in [-0.3, -0.25) is 4.79 Å². The zero-order valence-electron chi connectivity index (χ0n) is 21.6. The van der Waals surface area contributed by atoms with E-state index in [9.17, 15) is 14.7 Å². The summed E-state index contributed by atoms with van der Waals surface area (Å²) >= 11 is 1.23. The largest absolute Gasteiger partial charge is 0.491 e. The summed E-state index contributed by atoms with van der Waals surface area (Å²) in [5, 5.41) is 15.6. The Morgan fingerprint density at radius 2 is 1.92 bits per heavy atom. The predicted molar refractivity (Wildman–Crippen MR) is 148 cm³/mol. The van der Waals surface area contributed by atoms with Crippen molar-refractivity contribution in [2.24, 2.45) is 0 Å². The molecule has 6 rings (SSSR count). The van der Waals surface area contributed by atoms with Crippen molar-refractivity contribution in [2.75, 3.05) is 6.61 Å². The van der Waals surface area contributed by atoms with Crippen molar-refractivity contribution in [2.45, 2.75) is 64.0 Å². The van der Waals surface area contributed by atoms with E-state index in [4.69, 9.17) is 4.74 Å². The molecule has 0 spiro atoms. The Morgan fingerprint density at radius 3 is 2.68 bits per heavy atom. The van der Waals surface area contributed by atoms with Crippen LogP contribution in [0.1, 0.15) is 83.3 Å². The molecular formula is C30H31N3O4S. The Kier molecular flexibility index (Phi) is 6.22. The van der Waals surface area contributed by atoms with Gasteiger partial charge in [-0.15, -0.1) is 11.3 Å². The molecule has 0 unspecified atom stereocenters. The fourth-order valence-electron chi connectivity index (χ4n) is 5.95. The Morgan fingerprint density at radius 1 is 1.13 bits per heavy atom. The van der Waals surface area contributed by atoms with Gasteiger partial charge in [0.15, 0.2) is 5.69 Å². The van der Waals surface area contributed by atoms with Crippen LogP contribution in [0.4, 0.5) is 0 Å². The first-order chi connectivity index (χ1) is 18.3. The summed E-state index contributed by atoms with van der Waals surface area (Å²) in [7, 11) is 0. The normalized spacial score (nSPS) is 15.8. The van der Waals surface area contributed by atoms with Gasteiger partial charge in [-0.1, -0.05) is 37.5 Å². The van der Waals surface area contributed by atoms with Crippen molar-refractivity contribution in [3.63, 3.8) is 0 Å². The molecule has 7 nitrogen and oxygen atoms in total. The lowest BCUT2D eigenvalue weighted by molar-refractivity contribution is 0.0691. The van der Waals surface area contributed by atoms with Gasteiger partial charge in [0.05, 0.1) is 17.8 Å². The fraction of sp³-hybridized carbons (Fsp3) is 0.367. The maximum Gasteiger partial charge on any atom is 0.355 e. The zero-order valence-corrected chi connectivity index (χ0v) is 22.4. The highest BCUT2D eigenvalue weighted by Crippen LogP contribution is 2.47. The van der Waals surface area contributed by atoms with E-state index in [2.05, 4.69) is 33.1 Å². The molecule has 2 aromatic carbocycles. The number of hydrogen-bond acceptors (Lipinski definition) is 5. The number of ether oxygens (including phenoxy) is 1. The van der Waals surface area contributed by atoms with Crippen LogP contribution in [0.3, 0.4) is 0 Å². The summed E-state index contributed by atoms with van der Waals surface area (Å²) in [6.45, 7) is 4.96. The Bertz CT molecular complexity index is 1540. The smallest absolute Gasteiger partial charge is 0.355 e. The topological polar surface area (TPSA) is 93.5 Å². The SMILES string of the molecule is CC(C)(NC(=O)c1ccc2c(C3CCCCC3)c3n(c2c1)CCOc1ccccc1-3)c1nc(C(=O)O)cs1. The highest BCUT2D eigenvalue weighted by Gasteiger charge is 2.31. The van der Waals surface area contributed by atoms with Gasteiger partial charge in [0.2, 0.25) is 0 Å². The first-order valence-electron chi connectivity index (χ1n) is 13.2. The molecule has 0 radical (unpaired) electrons. The quantitative estimate of drug-likeness (QED) is 0.305. The minimum Gasteiger partial charge on any atom is -0.491 e. The Labute approximate surface area is 225 Å². The number of hydrogen-bond donors (Lipinski definition) is 2. The monoisotopic (exact) mass is 529 g/mol. The standard InChI is InChI=1S/C30H31N3O4S/c1-30(2,29-31-22(17-38-29)28(35)36)32-27(34)19-12-13-20-23(16-19)33-14-15-37-24-11-7-6-10-21(24)26(33)25(20)18-8-4-3-5-9-18/h6-7,10-13,16-18H,3-5,8-9,14-15H2,1-2H3,(H,32,34)(H,35,36). The van der Waals surface area contributed by atoms with E-state index in [1.54, 1.807) is 0 Å². The number of carboxylic acids is 1. The second kappa shape index (κ2) is 9.58. The molecule has 1 fully saturated rings. The van der Waals surface area contributed by atoms with Crippen LogP contribution in [0.2, 0.25) is 0 Å². The number of thiazole rings is 1. The summed E-state index contributed by atoms with van der Waals surface area (Å²) in [6.07, 6.45) is 6.13. The van der Waals surface area contributed by atoms with Gasteiger partial charge < -0.3 is 19.7 Å². The molecule has 3 heterocycles. The number of carbonyl (C=O) groups is 2. The molecule has 38 heavy (non-hydrogen) atoms. The van der Waals surface area contributed by atoms with E-state index in [1.807, 2.05) is 38.1 Å². The molecule has 0 atom stereocenters. The molecule has 1 saturated carbocycles. The highest BCUT2D eigenvalue weighted by molar-refractivity contribution is 7.10. The van der Waals surface area contributed by atoms with E-state index >= 15 is 0 Å². The summed E-state index contributed by atoms with van der Waals surface area (Å²) in [5.41, 5.74) is 4.51. The number of fused-ring (bicyclic) bond motifs is 5. The molecule has 2 aromatic heterocycles. The Hall–Kier alpha value is -3.65. The van der Waals surface area contributed by atoms with Crippen LogP contribution >= 0.6 is 11.3 Å². The average molecular weight is 530 g/mol. The third kappa shape index (κ3) is 4.26. The van der Waals surface area contributed by atoms with Gasteiger partial charge in [-0.25, -0.2) is 9.78 Å². The Balaban J connectivity index is 1.43. The van der Waals surface area contributed by atoms with Crippen molar-refractivity contribution < 1.29 is 19.4 Å². The van der Waals surface area contributed by atoms with Gasteiger partial charge in [-0.2, -0.15) is 0 Å². The summed E-state index contributed by atoms with van der Waals surface area (Å²) < 4.78 is 8.48. The number of carboxylic acid groups (broad SMARTS) is 1. The van der Waals surface area contributed by atoms with Crippen LogP contribution in [0.5, 0.6) is 5.75 Å². The lowest BCUT2D eigenvalue weighted by atomic mass is 9.81. The number of amides is 1. The number of nitrogens with one attached hydrogen (secondary N) is 1. The molecule has 196 valence electrons. The average Bonchev–Trinajstić information content (AvgIpc) is 3.49. The zero-order chi connectivity index (χ0) is 26.4. The highest BCUT2D eigenvalue weighted by atomic mass is 32.1. The van der Waals surface area contributed by atoms with Crippen molar-refractivity contribution in [3.05, 3.63) is 69.7 Å². The number of aromatic nitrogens is 2. The number of carbonyl (C=O) groups excluding carboxylic acids is 1. The van der Waals surface area contributed by atoms with Crippen LogP contribution in [0.15, 0.2) is 47.8 Å². The summed E-state index contributed by atoms with van der Waals surface area (Å²) in [5.74, 6) is 0.105. The molecule has 4 aromatic rings. The lowest BCUT2D eigenvalue weighted by Crippen LogP contribution is -2.41. The van der Waals surface area contributed by atoms with Crippen molar-refractivity contribution >= 4 is 34.1 Å². The third-order valence-corrected chi connectivity index (χ3v) is 8.94. The number of benzene rings is 2. The second-order valence-electron chi connectivity index (χ2n) is 10.7. The summed E-state index contributed by atoms with van der Waals surface area (Å²) in [6, 6.07) is 14.3. The molecule has 0 saturated heterocycles. The van der Waals surface area contributed by atoms with Crippen LogP contribution in [-0.2, 0) is 12.1 Å². The maximum absolute atomic E-state index is 13.5. The second-order valence-corrected chi connectivity index (χ2v) is 11.6. The van der Waals surface area contributed by atoms with E-state index in [0.717, 1.165) is 16.8 Å². The summed E-state index contributed by atoms with van der Waals surface area (Å²) in [4.78, 5) is 29.0. The van der Waals surface area contributed by atoms with Gasteiger partial charge in [0, 0.05) is 27.4 Å². The number of para-hydroxylation sites is 1. The molecule has 0 bridgehead atoms. The first-order valence-corrected chi connectivity index (χ1v) is 14.1. The maximum atomic E-state index is 13.5. The van der Waals surface area contributed by atoms with E-state index in [1.165, 1.54) is 65.5 Å². The first kappa shape index (κ1) is 24.7. The van der Waals surface area contributed by atoms with Crippen LogP contribution < -0.4 is 10.1 Å². The molecular weight excluding hydrogens is 498 g/mol. The van der Waals surface area contributed by atoms with Gasteiger partial charge >= 0.3 is 5.97 Å². The fourth-order valence-corrected chi connectivity index (χ4v) is 6.82. The third-order valence-electron chi connectivity index (χ3n) is 7.78. The van der Waals surface area contributed by atoms with Crippen molar-refractivity contribution in [1.29, 1.82) is 0 Å². The molecule has 1 amide bonds. The number of aromatic carboxylic acids is 1. The van der Waals surface area contributed by atoms with E-state index < -0.39 is 11.5 Å². The van der Waals surface area contributed by atoms with Crippen molar-refractivity contribution in [3.8, 4) is 17.0 Å². The number of rotatable bonds is 5. The van der Waals surface area contributed by atoms with Crippen LogP contribution in [0, 0.1) is 0 Å². The van der Waals surface area contributed by atoms with Crippen LogP contribution in [-0.4, -0.2) is 33.1 Å². The lowest BCUT2D eigenvalue weighted by Gasteiger charge is -2.24. The minimum absolute atomic E-state index is 0.0117. The van der Waals surface area contributed by atoms with Crippen molar-refractivity contribution in [1.82, 2.24) is 14.9 Å². The van der Waals surface area contributed by atoms with Gasteiger partial charge in [-0.05, 0) is 62.4 Å². The van der Waals surface area contributed by atoms with E-state index in [0.29, 0.717) is 29.6 Å². The minimum atomic E-state index is -1.08. The molecule has 1 aliphatic heterocycles. The van der Waals surface area contributed by atoms with E-state index in [-0.39, 0.29) is 11.6 Å². The number of nitrogens with zero attached hydrogens (tertiary/aromatic N) is 2.